The molecule has 0 saturated carbocycles. The Hall–Kier alpha value is -3.50. The molecule has 156 valence electrons. The molecule has 1 heterocycles. The minimum absolute atomic E-state index is 0.0141. The standard InChI is InChI=1S/C20H21N5O4S/c1-15(26)21-16-8-10-18(11-9-16)30(28,29)24(2)14-20(27)22-19-12-13-25(23-19)17-6-4-3-5-7-17/h3-13H,14H2,1-2H3,(H,21,26)(H,22,23,27). The zero-order chi connectivity index (χ0) is 21.7. The number of nitrogens with one attached hydrogen (secondary N) is 2. The fraction of sp³-hybridized carbons (Fsp3) is 0.150. The van der Waals surface area contributed by atoms with Crippen LogP contribution in [0.25, 0.3) is 5.69 Å². The van der Waals surface area contributed by atoms with Crippen molar-refractivity contribution < 1.29 is 18.0 Å². The Morgan fingerprint density at radius 3 is 2.30 bits per heavy atom. The van der Waals surface area contributed by atoms with Crippen LogP contribution in [0.5, 0.6) is 0 Å². The summed E-state index contributed by atoms with van der Waals surface area (Å²) in [6, 6.07) is 16.7. The van der Waals surface area contributed by atoms with Gasteiger partial charge in [-0.15, -0.1) is 0 Å². The van der Waals surface area contributed by atoms with Crippen LogP contribution in [0.1, 0.15) is 6.92 Å². The lowest BCUT2D eigenvalue weighted by Gasteiger charge is -2.16. The Morgan fingerprint density at radius 1 is 1.00 bits per heavy atom. The molecule has 10 heteroatoms. The summed E-state index contributed by atoms with van der Waals surface area (Å²) in [7, 11) is -2.56. The first-order valence-corrected chi connectivity index (χ1v) is 10.4. The summed E-state index contributed by atoms with van der Waals surface area (Å²) >= 11 is 0. The van der Waals surface area contributed by atoms with Crippen molar-refractivity contribution in [2.24, 2.45) is 0 Å². The Kier molecular flexibility index (Phi) is 6.28. The summed E-state index contributed by atoms with van der Waals surface area (Å²) in [4.78, 5) is 23.4. The van der Waals surface area contributed by atoms with Gasteiger partial charge < -0.3 is 10.6 Å². The number of aromatic nitrogens is 2. The normalized spacial score (nSPS) is 11.3. The third-order valence-corrected chi connectivity index (χ3v) is 5.94. The lowest BCUT2D eigenvalue weighted by Crippen LogP contribution is -2.35. The van der Waals surface area contributed by atoms with Gasteiger partial charge in [0.2, 0.25) is 21.8 Å². The number of amides is 2. The van der Waals surface area contributed by atoms with Gasteiger partial charge in [0.25, 0.3) is 0 Å². The SMILES string of the molecule is CC(=O)Nc1ccc(S(=O)(=O)N(C)CC(=O)Nc2ccn(-c3ccccc3)n2)cc1. The first-order valence-electron chi connectivity index (χ1n) is 9.00. The zero-order valence-electron chi connectivity index (χ0n) is 16.4. The van der Waals surface area contributed by atoms with Crippen molar-refractivity contribution in [1.29, 1.82) is 0 Å². The number of carbonyl (C=O) groups excluding carboxylic acids is 2. The summed E-state index contributed by atoms with van der Waals surface area (Å²) in [5.74, 6) is -0.460. The van der Waals surface area contributed by atoms with E-state index in [4.69, 9.17) is 0 Å². The molecule has 0 aliphatic rings. The van der Waals surface area contributed by atoms with Crippen molar-refractivity contribution in [3.8, 4) is 5.69 Å². The van der Waals surface area contributed by atoms with E-state index in [9.17, 15) is 18.0 Å². The number of nitrogens with zero attached hydrogens (tertiary/aromatic N) is 3. The van der Waals surface area contributed by atoms with Crippen LogP contribution in [-0.2, 0) is 19.6 Å². The summed E-state index contributed by atoms with van der Waals surface area (Å²) in [5, 5.41) is 9.42. The van der Waals surface area contributed by atoms with E-state index in [2.05, 4.69) is 15.7 Å². The molecule has 30 heavy (non-hydrogen) atoms. The van der Waals surface area contributed by atoms with Crippen LogP contribution in [0, 0.1) is 0 Å². The van der Waals surface area contributed by atoms with Crippen molar-refractivity contribution in [3.05, 3.63) is 66.9 Å². The topological polar surface area (TPSA) is 113 Å². The molecule has 0 radical (unpaired) electrons. The van der Waals surface area contributed by atoms with E-state index >= 15 is 0 Å². The van der Waals surface area contributed by atoms with Gasteiger partial charge in [-0.2, -0.15) is 9.40 Å². The van der Waals surface area contributed by atoms with Crippen LogP contribution in [0.15, 0.2) is 71.8 Å². The summed E-state index contributed by atoms with van der Waals surface area (Å²) < 4.78 is 27.9. The van der Waals surface area contributed by atoms with Gasteiger partial charge >= 0.3 is 0 Å². The Labute approximate surface area is 174 Å². The maximum atomic E-state index is 12.7. The number of hydrogen-bond donors (Lipinski definition) is 2. The lowest BCUT2D eigenvalue weighted by molar-refractivity contribution is -0.116. The van der Waals surface area contributed by atoms with Gasteiger partial charge in [-0.25, -0.2) is 13.1 Å². The third-order valence-electron chi connectivity index (χ3n) is 4.13. The van der Waals surface area contributed by atoms with Crippen LogP contribution in [0.2, 0.25) is 0 Å². The molecular weight excluding hydrogens is 406 g/mol. The molecule has 0 aliphatic carbocycles. The van der Waals surface area contributed by atoms with Crippen LogP contribution in [0.3, 0.4) is 0 Å². The highest BCUT2D eigenvalue weighted by Gasteiger charge is 2.23. The number of likely N-dealkylation sites (N-methyl/N-ethyl adjacent to an activating group) is 1. The highest BCUT2D eigenvalue weighted by Crippen LogP contribution is 2.18. The molecule has 0 aliphatic heterocycles. The largest absolute Gasteiger partial charge is 0.326 e. The fourth-order valence-corrected chi connectivity index (χ4v) is 3.81. The molecule has 0 spiro atoms. The summed E-state index contributed by atoms with van der Waals surface area (Å²) in [5.41, 5.74) is 1.32. The lowest BCUT2D eigenvalue weighted by atomic mass is 10.3. The van der Waals surface area contributed by atoms with E-state index in [1.54, 1.807) is 16.9 Å². The van der Waals surface area contributed by atoms with Crippen molar-refractivity contribution in [3.63, 3.8) is 0 Å². The number of sulfonamides is 1. The number of para-hydroxylation sites is 1. The van der Waals surface area contributed by atoms with Crippen LogP contribution in [-0.4, -0.2) is 47.9 Å². The first-order chi connectivity index (χ1) is 14.3. The van der Waals surface area contributed by atoms with Gasteiger partial charge in [0.15, 0.2) is 5.82 Å². The van der Waals surface area contributed by atoms with Crippen LogP contribution < -0.4 is 10.6 Å². The molecule has 0 atom stereocenters. The second kappa shape index (κ2) is 8.89. The van der Waals surface area contributed by atoms with E-state index < -0.39 is 15.9 Å². The quantitative estimate of drug-likeness (QED) is 0.599. The maximum Gasteiger partial charge on any atom is 0.243 e. The van der Waals surface area contributed by atoms with E-state index in [1.165, 1.54) is 38.2 Å². The van der Waals surface area contributed by atoms with E-state index in [0.717, 1.165) is 9.99 Å². The molecule has 0 fully saturated rings. The average Bonchev–Trinajstić information content (AvgIpc) is 3.17. The number of hydrogen-bond acceptors (Lipinski definition) is 5. The highest BCUT2D eigenvalue weighted by atomic mass is 32.2. The number of benzene rings is 2. The molecule has 2 N–H and O–H groups in total. The Balaban J connectivity index is 1.63. The molecule has 9 nitrogen and oxygen atoms in total. The minimum Gasteiger partial charge on any atom is -0.326 e. The van der Waals surface area contributed by atoms with E-state index in [-0.39, 0.29) is 17.3 Å². The van der Waals surface area contributed by atoms with Gasteiger partial charge in [-0.05, 0) is 36.4 Å². The fourth-order valence-electron chi connectivity index (χ4n) is 2.68. The first kappa shape index (κ1) is 21.2. The molecule has 0 unspecified atom stereocenters. The molecular formula is C20H21N5O4S. The second-order valence-electron chi connectivity index (χ2n) is 6.50. The monoisotopic (exact) mass is 427 g/mol. The Bertz CT molecular complexity index is 1140. The predicted molar refractivity (Wildman–Crippen MR) is 113 cm³/mol. The van der Waals surface area contributed by atoms with Crippen LogP contribution >= 0.6 is 0 Å². The van der Waals surface area contributed by atoms with Crippen molar-refractivity contribution in [2.45, 2.75) is 11.8 Å². The molecule has 2 amide bonds. The van der Waals surface area contributed by atoms with E-state index in [0.29, 0.717) is 11.5 Å². The molecule has 3 aromatic rings. The average molecular weight is 427 g/mol. The van der Waals surface area contributed by atoms with Gasteiger partial charge in [-0.3, -0.25) is 9.59 Å². The van der Waals surface area contributed by atoms with Gasteiger partial charge in [0.1, 0.15) is 0 Å². The maximum absolute atomic E-state index is 12.7. The molecule has 1 aromatic heterocycles. The van der Waals surface area contributed by atoms with Crippen LogP contribution in [0.4, 0.5) is 11.5 Å². The third kappa shape index (κ3) is 5.10. The molecule has 3 rings (SSSR count). The minimum atomic E-state index is -3.88. The number of carbonyl (C=O) groups is 2. The van der Waals surface area contributed by atoms with E-state index in [1.807, 2.05) is 30.3 Å². The summed E-state index contributed by atoms with van der Waals surface area (Å²) in [6.07, 6.45) is 1.70. The van der Waals surface area contributed by atoms with Crippen molar-refractivity contribution >= 4 is 33.3 Å². The van der Waals surface area contributed by atoms with Gasteiger partial charge in [0.05, 0.1) is 17.1 Å². The summed E-state index contributed by atoms with van der Waals surface area (Å²) in [6.45, 7) is 0.980. The van der Waals surface area contributed by atoms with Crippen molar-refractivity contribution in [2.75, 3.05) is 24.2 Å². The molecule has 0 bridgehead atoms. The smallest absolute Gasteiger partial charge is 0.243 e. The molecule has 2 aromatic carbocycles. The van der Waals surface area contributed by atoms with Crippen molar-refractivity contribution in [1.82, 2.24) is 14.1 Å². The number of anilines is 2. The molecule has 0 saturated heterocycles. The zero-order valence-corrected chi connectivity index (χ0v) is 17.3. The predicted octanol–water partition coefficient (Wildman–Crippen LogP) is 2.09. The number of rotatable bonds is 7. The van der Waals surface area contributed by atoms with Gasteiger partial charge in [-0.1, -0.05) is 18.2 Å². The van der Waals surface area contributed by atoms with Gasteiger partial charge in [0, 0.05) is 31.9 Å². The highest BCUT2D eigenvalue weighted by molar-refractivity contribution is 7.89. The Morgan fingerprint density at radius 2 is 1.67 bits per heavy atom. The second-order valence-corrected chi connectivity index (χ2v) is 8.54.